The molecule has 1 aliphatic rings. The number of halogens is 6. The summed E-state index contributed by atoms with van der Waals surface area (Å²) >= 11 is 5.82. The molecule has 0 spiro atoms. The van der Waals surface area contributed by atoms with Crippen molar-refractivity contribution in [1.82, 2.24) is 0 Å². The Morgan fingerprint density at radius 1 is 1.03 bits per heavy atom. The molecule has 1 fully saturated rings. The number of carbonyl (C=O) groups is 1. The van der Waals surface area contributed by atoms with Crippen molar-refractivity contribution < 1.29 is 35.2 Å². The molecule has 0 bridgehead atoms. The highest BCUT2D eigenvalue weighted by Crippen LogP contribution is 2.35. The number of sulfonamides is 1. The first-order valence-corrected chi connectivity index (χ1v) is 9.99. The summed E-state index contributed by atoms with van der Waals surface area (Å²) < 4.78 is 92.1. The van der Waals surface area contributed by atoms with Crippen LogP contribution in [-0.2, 0) is 16.2 Å². The van der Waals surface area contributed by atoms with Crippen molar-refractivity contribution in [2.24, 2.45) is 0 Å². The summed E-state index contributed by atoms with van der Waals surface area (Å²) in [6, 6.07) is 3.70. The van der Waals surface area contributed by atoms with Crippen molar-refractivity contribution in [3.63, 3.8) is 0 Å². The van der Waals surface area contributed by atoms with Gasteiger partial charge in [-0.25, -0.2) is 17.2 Å². The van der Waals surface area contributed by atoms with Crippen LogP contribution in [0.15, 0.2) is 30.3 Å². The Hall–Kier alpha value is -2.40. The van der Waals surface area contributed by atoms with Crippen molar-refractivity contribution in [3.05, 3.63) is 58.1 Å². The lowest BCUT2D eigenvalue weighted by Gasteiger charge is -2.14. The zero-order valence-electron chi connectivity index (χ0n) is 14.3. The number of amides is 1. The molecule has 0 unspecified atom stereocenters. The van der Waals surface area contributed by atoms with Crippen LogP contribution in [0.1, 0.15) is 28.8 Å². The zero-order chi connectivity index (χ0) is 21.6. The second-order valence-electron chi connectivity index (χ2n) is 6.30. The summed E-state index contributed by atoms with van der Waals surface area (Å²) in [6.45, 7) is 0. The van der Waals surface area contributed by atoms with Crippen molar-refractivity contribution >= 4 is 38.9 Å². The third-order valence-electron chi connectivity index (χ3n) is 4.05. The molecule has 156 valence electrons. The quantitative estimate of drug-likeness (QED) is 0.638. The normalized spacial score (nSPS) is 14.6. The van der Waals surface area contributed by atoms with E-state index in [-0.39, 0.29) is 28.4 Å². The molecule has 0 radical (unpaired) electrons. The maximum Gasteiger partial charge on any atom is 0.419 e. The fraction of sp³-hybridized carbons (Fsp3) is 0.235. The average Bonchev–Trinajstić information content (AvgIpc) is 3.43. The number of hydrogen-bond acceptors (Lipinski definition) is 3. The van der Waals surface area contributed by atoms with Crippen LogP contribution in [0.25, 0.3) is 0 Å². The molecular weight excluding hydrogens is 443 g/mol. The van der Waals surface area contributed by atoms with E-state index in [1.807, 2.05) is 5.32 Å². The first kappa shape index (κ1) is 21.3. The number of rotatable bonds is 5. The van der Waals surface area contributed by atoms with Crippen LogP contribution in [0.4, 0.5) is 33.3 Å². The van der Waals surface area contributed by atoms with Crippen LogP contribution < -0.4 is 10.0 Å². The van der Waals surface area contributed by atoms with E-state index in [1.54, 1.807) is 0 Å². The third kappa shape index (κ3) is 4.78. The molecule has 2 N–H and O–H groups in total. The molecule has 1 saturated carbocycles. The van der Waals surface area contributed by atoms with E-state index in [4.69, 9.17) is 11.6 Å². The average molecular weight is 455 g/mol. The lowest BCUT2D eigenvalue weighted by Crippen LogP contribution is -2.21. The van der Waals surface area contributed by atoms with E-state index in [1.165, 1.54) is 12.1 Å². The monoisotopic (exact) mass is 454 g/mol. The fourth-order valence-electron chi connectivity index (χ4n) is 2.46. The number of hydrogen-bond donors (Lipinski definition) is 2. The molecule has 1 aliphatic carbocycles. The second kappa shape index (κ2) is 7.45. The Balaban J connectivity index is 1.91. The van der Waals surface area contributed by atoms with E-state index < -0.39 is 50.2 Å². The largest absolute Gasteiger partial charge is 0.419 e. The molecule has 0 atom stereocenters. The maximum atomic E-state index is 14.0. The number of nitrogens with one attached hydrogen (secondary N) is 2. The Kier molecular flexibility index (Phi) is 5.48. The Morgan fingerprint density at radius 2 is 1.69 bits per heavy atom. The zero-order valence-corrected chi connectivity index (χ0v) is 15.9. The van der Waals surface area contributed by atoms with Crippen LogP contribution in [0.3, 0.4) is 0 Å². The van der Waals surface area contributed by atoms with Crippen molar-refractivity contribution in [2.45, 2.75) is 24.3 Å². The van der Waals surface area contributed by atoms with Crippen molar-refractivity contribution in [2.75, 3.05) is 10.0 Å². The maximum absolute atomic E-state index is 14.0. The minimum absolute atomic E-state index is 0.0450. The number of anilines is 2. The summed E-state index contributed by atoms with van der Waals surface area (Å²) in [5, 5.41) is 1.37. The van der Waals surface area contributed by atoms with Gasteiger partial charge in [-0.3, -0.25) is 9.52 Å². The Labute approximate surface area is 166 Å². The van der Waals surface area contributed by atoms with E-state index >= 15 is 0 Å². The number of alkyl halides is 3. The molecule has 2 aromatic rings. The van der Waals surface area contributed by atoms with E-state index in [2.05, 4.69) is 4.72 Å². The SMILES string of the molecule is O=C(Nc1cc(F)c(C(F)(F)F)cc1F)c1cc(Cl)ccc1NS(=O)(=O)C1CC1. The summed E-state index contributed by atoms with van der Waals surface area (Å²) in [6.07, 6.45) is -4.20. The van der Waals surface area contributed by atoms with Crippen LogP contribution in [0.5, 0.6) is 0 Å². The molecule has 0 heterocycles. The highest BCUT2D eigenvalue weighted by molar-refractivity contribution is 7.93. The summed E-state index contributed by atoms with van der Waals surface area (Å²) in [5.41, 5.74) is -3.15. The molecule has 3 rings (SSSR count). The van der Waals surface area contributed by atoms with Gasteiger partial charge in [-0.2, -0.15) is 13.2 Å². The lowest BCUT2D eigenvalue weighted by atomic mass is 10.1. The van der Waals surface area contributed by atoms with Gasteiger partial charge in [-0.1, -0.05) is 11.6 Å². The first-order valence-electron chi connectivity index (χ1n) is 8.07. The van der Waals surface area contributed by atoms with Gasteiger partial charge in [0.05, 0.1) is 27.8 Å². The Bertz CT molecular complexity index is 1090. The van der Waals surface area contributed by atoms with Crippen LogP contribution in [0.2, 0.25) is 5.02 Å². The summed E-state index contributed by atoms with van der Waals surface area (Å²) in [4.78, 5) is 12.5. The third-order valence-corrected chi connectivity index (χ3v) is 6.14. The van der Waals surface area contributed by atoms with Crippen LogP contribution in [-0.4, -0.2) is 19.6 Å². The van der Waals surface area contributed by atoms with Gasteiger partial charge >= 0.3 is 6.18 Å². The van der Waals surface area contributed by atoms with E-state index in [9.17, 15) is 35.2 Å². The van der Waals surface area contributed by atoms with E-state index in [0.29, 0.717) is 12.8 Å². The molecule has 0 saturated heterocycles. The van der Waals surface area contributed by atoms with Gasteiger partial charge < -0.3 is 5.32 Å². The smallest absolute Gasteiger partial charge is 0.319 e. The number of carbonyl (C=O) groups excluding carboxylic acids is 1. The van der Waals surface area contributed by atoms with E-state index in [0.717, 1.165) is 6.07 Å². The standard InChI is InChI=1S/C17H12ClF5N2O3S/c18-8-1-4-14(25-29(27,28)9-2-3-9)10(5-8)16(26)24-15-7-12(19)11(6-13(15)20)17(21,22)23/h1,4-7,9,25H,2-3H2,(H,24,26). The van der Waals surface area contributed by atoms with Gasteiger partial charge in [-0.05, 0) is 37.1 Å². The predicted molar refractivity (Wildman–Crippen MR) is 96.3 cm³/mol. The molecule has 12 heteroatoms. The predicted octanol–water partition coefficient (Wildman–Crippen LogP) is 4.79. The lowest BCUT2D eigenvalue weighted by molar-refractivity contribution is -0.140. The Morgan fingerprint density at radius 3 is 2.28 bits per heavy atom. The van der Waals surface area contributed by atoms with Crippen LogP contribution in [0, 0.1) is 11.6 Å². The first-order chi connectivity index (χ1) is 13.4. The summed E-state index contributed by atoms with van der Waals surface area (Å²) in [5.74, 6) is -4.40. The van der Waals surface area contributed by atoms with Gasteiger partial charge in [-0.15, -0.1) is 0 Å². The van der Waals surface area contributed by atoms with Crippen molar-refractivity contribution in [3.8, 4) is 0 Å². The minimum Gasteiger partial charge on any atom is -0.319 e. The van der Waals surface area contributed by atoms with Gasteiger partial charge in [0.15, 0.2) is 0 Å². The molecule has 1 amide bonds. The molecule has 2 aromatic carbocycles. The van der Waals surface area contributed by atoms with Gasteiger partial charge in [0, 0.05) is 11.1 Å². The highest BCUT2D eigenvalue weighted by atomic mass is 35.5. The summed E-state index contributed by atoms with van der Waals surface area (Å²) in [7, 11) is -3.75. The molecule has 0 aliphatic heterocycles. The van der Waals surface area contributed by atoms with Gasteiger partial charge in [0.2, 0.25) is 10.0 Å². The van der Waals surface area contributed by atoms with Gasteiger partial charge in [0.25, 0.3) is 5.91 Å². The molecule has 0 aromatic heterocycles. The second-order valence-corrected chi connectivity index (χ2v) is 8.70. The van der Waals surface area contributed by atoms with Crippen molar-refractivity contribution in [1.29, 1.82) is 0 Å². The molecule has 5 nitrogen and oxygen atoms in total. The topological polar surface area (TPSA) is 75.3 Å². The molecule has 29 heavy (non-hydrogen) atoms. The van der Waals surface area contributed by atoms with Gasteiger partial charge in [0.1, 0.15) is 11.6 Å². The molecular formula is C17H12ClF5N2O3S. The number of benzene rings is 2. The van der Waals surface area contributed by atoms with Crippen LogP contribution >= 0.6 is 11.6 Å². The highest BCUT2D eigenvalue weighted by Gasteiger charge is 2.37. The minimum atomic E-state index is -5.12. The fourth-order valence-corrected chi connectivity index (χ4v) is 4.04.